The highest BCUT2D eigenvalue weighted by atomic mass is 32.2. The third kappa shape index (κ3) is 2.91. The molecule has 0 saturated heterocycles. The first-order valence-electron chi connectivity index (χ1n) is 8.07. The van der Waals surface area contributed by atoms with Gasteiger partial charge in [0.2, 0.25) is 0 Å². The van der Waals surface area contributed by atoms with Crippen molar-refractivity contribution in [3.8, 4) is 5.75 Å². The Balaban J connectivity index is 2.15. The molecule has 0 atom stereocenters. The molecule has 0 aromatic heterocycles. The van der Waals surface area contributed by atoms with E-state index in [1.807, 2.05) is 19.9 Å². The molecule has 1 aliphatic rings. The van der Waals surface area contributed by atoms with Crippen LogP contribution in [0.3, 0.4) is 0 Å². The van der Waals surface area contributed by atoms with E-state index < -0.39 is 10.0 Å². The van der Waals surface area contributed by atoms with Crippen LogP contribution < -0.4 is 9.04 Å². The summed E-state index contributed by atoms with van der Waals surface area (Å²) in [7, 11) is -2.20. The number of nitrogens with zero attached hydrogens (tertiary/aromatic N) is 1. The molecular formula is C19H21NO4S. The van der Waals surface area contributed by atoms with Crippen molar-refractivity contribution in [2.75, 3.05) is 18.0 Å². The smallest absolute Gasteiger partial charge is 0.264 e. The predicted molar refractivity (Wildman–Crippen MR) is 97.1 cm³/mol. The summed E-state index contributed by atoms with van der Waals surface area (Å²) in [5.41, 5.74) is 3.23. The van der Waals surface area contributed by atoms with E-state index in [-0.39, 0.29) is 23.6 Å². The van der Waals surface area contributed by atoms with Gasteiger partial charge in [0.25, 0.3) is 10.0 Å². The zero-order valence-corrected chi connectivity index (χ0v) is 15.6. The van der Waals surface area contributed by atoms with Crippen LogP contribution in [-0.2, 0) is 10.0 Å². The van der Waals surface area contributed by atoms with Gasteiger partial charge >= 0.3 is 0 Å². The topological polar surface area (TPSA) is 63.7 Å². The third-order valence-electron chi connectivity index (χ3n) is 4.52. The van der Waals surface area contributed by atoms with Gasteiger partial charge in [-0.1, -0.05) is 11.6 Å². The first-order chi connectivity index (χ1) is 11.8. The van der Waals surface area contributed by atoms with E-state index in [0.717, 1.165) is 11.1 Å². The summed E-state index contributed by atoms with van der Waals surface area (Å²) in [6, 6.07) is 8.66. The Hall–Kier alpha value is -2.34. The number of aryl methyl sites for hydroxylation is 3. The summed E-state index contributed by atoms with van der Waals surface area (Å²) >= 11 is 0. The molecule has 0 N–H and O–H groups in total. The van der Waals surface area contributed by atoms with Gasteiger partial charge in [-0.2, -0.15) is 0 Å². The first kappa shape index (κ1) is 17.5. The van der Waals surface area contributed by atoms with Crippen molar-refractivity contribution in [3.05, 3.63) is 52.6 Å². The summed E-state index contributed by atoms with van der Waals surface area (Å²) < 4.78 is 33.2. The Bertz CT molecular complexity index is 964. The minimum Gasteiger partial charge on any atom is -0.496 e. The van der Waals surface area contributed by atoms with Gasteiger partial charge in [0.1, 0.15) is 5.75 Å². The normalized spacial score (nSPS) is 14.4. The average Bonchev–Trinajstić information content (AvgIpc) is 2.57. The molecule has 1 aliphatic heterocycles. The number of carbonyl (C=O) groups excluding carboxylic acids is 1. The van der Waals surface area contributed by atoms with Crippen molar-refractivity contribution in [1.29, 1.82) is 0 Å². The number of anilines is 1. The summed E-state index contributed by atoms with van der Waals surface area (Å²) in [5, 5.41) is 0. The lowest BCUT2D eigenvalue weighted by molar-refractivity contribution is 0.0982. The molecule has 0 radical (unpaired) electrons. The highest BCUT2D eigenvalue weighted by molar-refractivity contribution is 7.93. The Morgan fingerprint density at radius 1 is 1.04 bits per heavy atom. The standard InChI is InChI=1S/C19H21NO4S/c1-12-5-6-16-15(9-12)17(21)7-8-20(16)25(22,23)19-11-13(2)18(24-4)10-14(19)3/h5-6,9-11H,7-8H2,1-4H3. The van der Waals surface area contributed by atoms with Gasteiger partial charge in [-0.3, -0.25) is 9.10 Å². The lowest BCUT2D eigenvalue weighted by Gasteiger charge is -2.30. The molecule has 0 spiro atoms. The zero-order chi connectivity index (χ0) is 18.4. The van der Waals surface area contributed by atoms with Gasteiger partial charge in [-0.15, -0.1) is 0 Å². The summed E-state index contributed by atoms with van der Waals surface area (Å²) in [6.45, 7) is 5.61. The van der Waals surface area contributed by atoms with E-state index in [9.17, 15) is 13.2 Å². The van der Waals surface area contributed by atoms with Crippen molar-refractivity contribution >= 4 is 21.5 Å². The highest BCUT2D eigenvalue weighted by Gasteiger charge is 2.33. The quantitative estimate of drug-likeness (QED) is 0.842. The Morgan fingerprint density at radius 2 is 1.76 bits per heavy atom. The minimum absolute atomic E-state index is 0.0206. The van der Waals surface area contributed by atoms with E-state index in [4.69, 9.17) is 4.74 Å². The van der Waals surface area contributed by atoms with E-state index in [1.165, 1.54) is 4.31 Å². The van der Waals surface area contributed by atoms with Crippen LogP contribution in [0.2, 0.25) is 0 Å². The fraction of sp³-hybridized carbons (Fsp3) is 0.316. The van der Waals surface area contributed by atoms with Gasteiger partial charge in [-0.05, 0) is 56.2 Å². The lowest BCUT2D eigenvalue weighted by Crippen LogP contribution is -2.37. The van der Waals surface area contributed by atoms with E-state index in [0.29, 0.717) is 22.6 Å². The van der Waals surface area contributed by atoms with Crippen molar-refractivity contribution in [2.45, 2.75) is 32.1 Å². The molecule has 132 valence electrons. The largest absolute Gasteiger partial charge is 0.496 e. The molecule has 1 heterocycles. The first-order valence-corrected chi connectivity index (χ1v) is 9.51. The Kier molecular flexibility index (Phi) is 4.33. The molecule has 25 heavy (non-hydrogen) atoms. The van der Waals surface area contributed by atoms with Crippen LogP contribution >= 0.6 is 0 Å². The fourth-order valence-corrected chi connectivity index (χ4v) is 4.96. The number of benzene rings is 2. The van der Waals surface area contributed by atoms with Crippen LogP contribution in [0.25, 0.3) is 0 Å². The maximum atomic E-state index is 13.3. The number of fused-ring (bicyclic) bond motifs is 1. The fourth-order valence-electron chi connectivity index (χ4n) is 3.18. The molecule has 0 unspecified atom stereocenters. The van der Waals surface area contributed by atoms with Gasteiger partial charge in [-0.25, -0.2) is 8.42 Å². The SMILES string of the molecule is COc1cc(C)c(S(=O)(=O)N2CCC(=O)c3cc(C)ccc32)cc1C. The number of rotatable bonds is 3. The molecule has 0 fully saturated rings. The van der Waals surface area contributed by atoms with Crippen molar-refractivity contribution in [2.24, 2.45) is 0 Å². The molecule has 0 saturated carbocycles. The number of hydrogen-bond acceptors (Lipinski definition) is 4. The molecule has 0 bridgehead atoms. The van der Waals surface area contributed by atoms with Crippen molar-refractivity contribution in [3.63, 3.8) is 0 Å². The molecule has 2 aromatic carbocycles. The van der Waals surface area contributed by atoms with Crippen LogP contribution in [0.4, 0.5) is 5.69 Å². The van der Waals surface area contributed by atoms with Crippen molar-refractivity contribution in [1.82, 2.24) is 0 Å². The number of Topliss-reactive ketones (excluding diaryl/α,β-unsaturated/α-hetero) is 1. The predicted octanol–water partition coefficient (Wildman–Crippen LogP) is 3.40. The Labute approximate surface area is 148 Å². The molecule has 0 amide bonds. The highest BCUT2D eigenvalue weighted by Crippen LogP contribution is 2.35. The van der Waals surface area contributed by atoms with Crippen LogP contribution in [-0.4, -0.2) is 27.9 Å². The molecule has 5 nitrogen and oxygen atoms in total. The van der Waals surface area contributed by atoms with Crippen molar-refractivity contribution < 1.29 is 17.9 Å². The zero-order valence-electron chi connectivity index (χ0n) is 14.8. The molecule has 0 aliphatic carbocycles. The van der Waals surface area contributed by atoms with Gasteiger partial charge < -0.3 is 4.74 Å². The second-order valence-electron chi connectivity index (χ2n) is 6.36. The summed E-state index contributed by atoms with van der Waals surface area (Å²) in [5.74, 6) is 0.633. The summed E-state index contributed by atoms with van der Waals surface area (Å²) in [4.78, 5) is 12.5. The molecule has 3 rings (SSSR count). The average molecular weight is 359 g/mol. The third-order valence-corrected chi connectivity index (χ3v) is 6.48. The maximum Gasteiger partial charge on any atom is 0.264 e. The van der Waals surface area contributed by atoms with E-state index in [2.05, 4.69) is 0 Å². The number of hydrogen-bond donors (Lipinski definition) is 0. The summed E-state index contributed by atoms with van der Waals surface area (Å²) in [6.07, 6.45) is 0.184. The number of sulfonamides is 1. The lowest BCUT2D eigenvalue weighted by atomic mass is 10.0. The minimum atomic E-state index is -3.76. The number of ether oxygens (including phenoxy) is 1. The second-order valence-corrected chi connectivity index (χ2v) is 8.19. The number of carbonyl (C=O) groups is 1. The number of methoxy groups -OCH3 is 1. The molecule has 6 heteroatoms. The Morgan fingerprint density at radius 3 is 2.44 bits per heavy atom. The van der Waals surface area contributed by atoms with Gasteiger partial charge in [0.05, 0.1) is 17.7 Å². The molecule has 2 aromatic rings. The van der Waals surface area contributed by atoms with E-state index >= 15 is 0 Å². The van der Waals surface area contributed by atoms with Crippen LogP contribution in [0.5, 0.6) is 5.75 Å². The maximum absolute atomic E-state index is 13.3. The van der Waals surface area contributed by atoms with Crippen LogP contribution in [0.15, 0.2) is 35.2 Å². The monoisotopic (exact) mass is 359 g/mol. The number of ketones is 1. The van der Waals surface area contributed by atoms with Crippen LogP contribution in [0, 0.1) is 20.8 Å². The van der Waals surface area contributed by atoms with Crippen LogP contribution in [0.1, 0.15) is 33.5 Å². The van der Waals surface area contributed by atoms with E-state index in [1.54, 1.807) is 38.3 Å². The molecular weight excluding hydrogens is 338 g/mol. The second kappa shape index (κ2) is 6.19. The van der Waals surface area contributed by atoms with Gasteiger partial charge in [0, 0.05) is 18.5 Å². The van der Waals surface area contributed by atoms with Gasteiger partial charge in [0.15, 0.2) is 5.78 Å².